The number of imide groups is 1. The van der Waals surface area contributed by atoms with Crippen LogP contribution in [0, 0.1) is 19.7 Å². The maximum absolute atomic E-state index is 14.2. The number of nitrogens with zero attached hydrogens (tertiary/aromatic N) is 3. The molecule has 3 aromatic rings. The molecule has 0 atom stereocenters. The first-order chi connectivity index (χ1) is 14.9. The van der Waals surface area contributed by atoms with Crippen LogP contribution in [0.2, 0.25) is 0 Å². The van der Waals surface area contributed by atoms with E-state index in [2.05, 4.69) is 27.4 Å². The minimum absolute atomic E-state index is 0.0627. The number of hydrogen-bond donors (Lipinski definition) is 2. The third kappa shape index (κ3) is 5.58. The number of urea groups is 1. The molecule has 0 saturated carbocycles. The summed E-state index contributed by atoms with van der Waals surface area (Å²) in [6, 6.07) is 11.2. The van der Waals surface area contributed by atoms with Gasteiger partial charge in [-0.15, -0.1) is 16.8 Å². The van der Waals surface area contributed by atoms with Crippen LogP contribution in [0.4, 0.5) is 14.9 Å². The number of halogens is 1. The Labute approximate surface area is 183 Å². The summed E-state index contributed by atoms with van der Waals surface area (Å²) in [5.74, 6) is -0.633. The van der Waals surface area contributed by atoms with Gasteiger partial charge in [-0.05, 0) is 37.6 Å². The normalized spacial score (nSPS) is 10.5. The van der Waals surface area contributed by atoms with Gasteiger partial charge >= 0.3 is 6.03 Å². The molecule has 0 aliphatic heterocycles. The van der Waals surface area contributed by atoms with E-state index in [1.54, 1.807) is 34.9 Å². The van der Waals surface area contributed by atoms with Gasteiger partial charge in [-0.25, -0.2) is 9.18 Å². The van der Waals surface area contributed by atoms with Gasteiger partial charge < -0.3 is 5.32 Å². The summed E-state index contributed by atoms with van der Waals surface area (Å²) in [5.41, 5.74) is 2.91. The standard InChI is InChI=1S/C22H22FN5O2S/c1-4-11-28-20(16-7-5-6-8-17(16)23)26-27-22(28)31-13-19(29)25-21(30)24-18-10-9-14(2)12-15(18)3/h4-10,12H,1,11,13H2,2-3H3,(H2,24,25,29,30). The van der Waals surface area contributed by atoms with Crippen LogP contribution in [-0.2, 0) is 11.3 Å². The quantitative estimate of drug-likeness (QED) is 0.423. The van der Waals surface area contributed by atoms with Crippen molar-refractivity contribution >= 4 is 29.4 Å². The largest absolute Gasteiger partial charge is 0.325 e. The topological polar surface area (TPSA) is 88.9 Å². The van der Waals surface area contributed by atoms with Gasteiger partial charge in [0.2, 0.25) is 5.91 Å². The van der Waals surface area contributed by atoms with Crippen molar-refractivity contribution in [3.63, 3.8) is 0 Å². The van der Waals surface area contributed by atoms with Gasteiger partial charge in [0, 0.05) is 12.2 Å². The number of benzene rings is 2. The highest BCUT2D eigenvalue weighted by molar-refractivity contribution is 7.99. The molecule has 1 aromatic heterocycles. The Bertz CT molecular complexity index is 1130. The second-order valence-electron chi connectivity index (χ2n) is 6.79. The fraction of sp³-hybridized carbons (Fsp3) is 0.182. The van der Waals surface area contributed by atoms with Gasteiger partial charge in [-0.3, -0.25) is 14.7 Å². The van der Waals surface area contributed by atoms with Gasteiger partial charge in [0.25, 0.3) is 0 Å². The molecule has 0 aliphatic rings. The number of rotatable bonds is 7. The van der Waals surface area contributed by atoms with Crippen LogP contribution in [0.3, 0.4) is 0 Å². The molecule has 0 fully saturated rings. The second kappa shape index (κ2) is 10.0. The number of aromatic nitrogens is 3. The van der Waals surface area contributed by atoms with E-state index in [-0.39, 0.29) is 5.75 Å². The third-order valence-electron chi connectivity index (χ3n) is 4.36. The van der Waals surface area contributed by atoms with E-state index < -0.39 is 17.8 Å². The lowest BCUT2D eigenvalue weighted by Gasteiger charge is -2.10. The van der Waals surface area contributed by atoms with Crippen LogP contribution in [0.5, 0.6) is 0 Å². The van der Waals surface area contributed by atoms with Gasteiger partial charge in [0.05, 0.1) is 11.3 Å². The number of nitrogens with one attached hydrogen (secondary N) is 2. The minimum Gasteiger partial charge on any atom is -0.307 e. The maximum atomic E-state index is 14.2. The molecule has 0 unspecified atom stereocenters. The lowest BCUT2D eigenvalue weighted by atomic mass is 10.1. The van der Waals surface area contributed by atoms with E-state index in [9.17, 15) is 14.0 Å². The summed E-state index contributed by atoms with van der Waals surface area (Å²) in [6.07, 6.45) is 1.63. The van der Waals surface area contributed by atoms with Crippen LogP contribution in [0.25, 0.3) is 11.4 Å². The molecule has 0 spiro atoms. The zero-order chi connectivity index (χ0) is 22.4. The first-order valence-corrected chi connectivity index (χ1v) is 10.5. The van der Waals surface area contributed by atoms with Crippen LogP contribution in [-0.4, -0.2) is 32.5 Å². The van der Waals surface area contributed by atoms with Crippen LogP contribution < -0.4 is 10.6 Å². The fourth-order valence-electron chi connectivity index (χ4n) is 2.93. The number of amides is 3. The van der Waals surface area contributed by atoms with Gasteiger partial charge in [-0.2, -0.15) is 0 Å². The van der Waals surface area contributed by atoms with E-state index >= 15 is 0 Å². The number of allylic oxidation sites excluding steroid dienone is 1. The van der Waals surface area contributed by atoms with Gasteiger partial charge in [0.1, 0.15) is 5.82 Å². The van der Waals surface area contributed by atoms with Gasteiger partial charge in [-0.1, -0.05) is 47.7 Å². The first-order valence-electron chi connectivity index (χ1n) is 9.49. The molecule has 1 heterocycles. The Hall–Kier alpha value is -3.46. The zero-order valence-electron chi connectivity index (χ0n) is 17.2. The Balaban J connectivity index is 1.64. The summed E-state index contributed by atoms with van der Waals surface area (Å²) in [4.78, 5) is 24.4. The Morgan fingerprint density at radius 3 is 2.68 bits per heavy atom. The van der Waals surface area contributed by atoms with Crippen LogP contribution in [0.15, 0.2) is 60.3 Å². The molecule has 31 heavy (non-hydrogen) atoms. The van der Waals surface area contributed by atoms with Gasteiger partial charge in [0.15, 0.2) is 11.0 Å². The smallest absolute Gasteiger partial charge is 0.307 e. The predicted octanol–water partition coefficient (Wildman–Crippen LogP) is 4.33. The zero-order valence-corrected chi connectivity index (χ0v) is 18.0. The number of aryl methyl sites for hydroxylation is 2. The van der Waals surface area contributed by atoms with E-state index in [1.165, 1.54) is 6.07 Å². The van der Waals surface area contributed by atoms with E-state index in [1.807, 2.05) is 26.0 Å². The number of carbonyl (C=O) groups excluding carboxylic acids is 2. The highest BCUT2D eigenvalue weighted by Gasteiger charge is 2.18. The molecule has 160 valence electrons. The predicted molar refractivity (Wildman–Crippen MR) is 119 cm³/mol. The molecule has 9 heteroatoms. The monoisotopic (exact) mass is 439 g/mol. The lowest BCUT2D eigenvalue weighted by molar-refractivity contribution is -0.117. The van der Waals surface area contributed by atoms with Crippen LogP contribution >= 0.6 is 11.8 Å². The van der Waals surface area contributed by atoms with Crippen molar-refractivity contribution in [2.24, 2.45) is 0 Å². The molecule has 0 bridgehead atoms. The van der Waals surface area contributed by atoms with Crippen LogP contribution in [0.1, 0.15) is 11.1 Å². The summed E-state index contributed by atoms with van der Waals surface area (Å²) in [6.45, 7) is 7.88. The number of thioether (sulfide) groups is 1. The fourth-order valence-corrected chi connectivity index (χ4v) is 3.68. The molecule has 0 aliphatic carbocycles. The molecule has 3 amide bonds. The Kier molecular flexibility index (Phi) is 7.19. The molecule has 3 rings (SSSR count). The first kappa shape index (κ1) is 22.2. The minimum atomic E-state index is -0.614. The molecule has 7 nitrogen and oxygen atoms in total. The average molecular weight is 440 g/mol. The molecular formula is C22H22FN5O2S. The van der Waals surface area contributed by atoms with Crippen molar-refractivity contribution in [3.8, 4) is 11.4 Å². The lowest BCUT2D eigenvalue weighted by Crippen LogP contribution is -2.35. The summed E-state index contributed by atoms with van der Waals surface area (Å²) >= 11 is 1.10. The average Bonchev–Trinajstić information content (AvgIpc) is 3.11. The molecule has 2 N–H and O–H groups in total. The van der Waals surface area contributed by atoms with Crippen molar-refractivity contribution in [2.45, 2.75) is 25.5 Å². The number of anilines is 1. The van der Waals surface area contributed by atoms with E-state index in [0.29, 0.717) is 28.8 Å². The van der Waals surface area contributed by atoms with E-state index in [0.717, 1.165) is 22.9 Å². The highest BCUT2D eigenvalue weighted by Crippen LogP contribution is 2.26. The number of hydrogen-bond acceptors (Lipinski definition) is 5. The molecule has 2 aromatic carbocycles. The Morgan fingerprint density at radius 1 is 1.19 bits per heavy atom. The van der Waals surface area contributed by atoms with Crippen molar-refractivity contribution in [1.29, 1.82) is 0 Å². The SMILES string of the molecule is C=CCn1c(SCC(=O)NC(=O)Nc2ccc(C)cc2C)nnc1-c1ccccc1F. The van der Waals surface area contributed by atoms with E-state index in [4.69, 9.17) is 0 Å². The third-order valence-corrected chi connectivity index (χ3v) is 5.33. The Morgan fingerprint density at radius 2 is 1.97 bits per heavy atom. The number of carbonyl (C=O) groups is 2. The summed E-state index contributed by atoms with van der Waals surface area (Å²) in [5, 5.41) is 13.5. The molecule has 0 radical (unpaired) electrons. The second-order valence-corrected chi connectivity index (χ2v) is 7.74. The van der Waals surface area contributed by atoms with Crippen molar-refractivity contribution in [3.05, 3.63) is 72.1 Å². The highest BCUT2D eigenvalue weighted by atomic mass is 32.2. The molecular weight excluding hydrogens is 417 g/mol. The summed E-state index contributed by atoms with van der Waals surface area (Å²) < 4.78 is 15.8. The summed E-state index contributed by atoms with van der Waals surface area (Å²) in [7, 11) is 0. The van der Waals surface area contributed by atoms with Crippen molar-refractivity contribution in [2.75, 3.05) is 11.1 Å². The maximum Gasteiger partial charge on any atom is 0.325 e. The van der Waals surface area contributed by atoms with Crippen molar-refractivity contribution < 1.29 is 14.0 Å². The molecule has 0 saturated heterocycles. The van der Waals surface area contributed by atoms with Crippen molar-refractivity contribution in [1.82, 2.24) is 20.1 Å².